The predicted molar refractivity (Wildman–Crippen MR) is 82.3 cm³/mol. The molecule has 20 heavy (non-hydrogen) atoms. The van der Waals surface area contributed by atoms with Gasteiger partial charge in [0.1, 0.15) is 0 Å². The quantitative estimate of drug-likeness (QED) is 0.914. The van der Waals surface area contributed by atoms with Gasteiger partial charge in [0.05, 0.1) is 24.3 Å². The van der Waals surface area contributed by atoms with Crippen molar-refractivity contribution in [2.24, 2.45) is 5.41 Å². The molecule has 1 aromatic rings. The van der Waals surface area contributed by atoms with Gasteiger partial charge in [-0.2, -0.15) is 0 Å². The minimum atomic E-state index is -0.772. The maximum Gasteiger partial charge on any atom is 0.309 e. The number of anilines is 1. The lowest BCUT2D eigenvalue weighted by atomic mass is 9.86. The van der Waals surface area contributed by atoms with Crippen LogP contribution in [-0.4, -0.2) is 37.4 Å². The molecule has 5 heteroatoms. The minimum absolute atomic E-state index is 0.518. The number of carbonyl (C=O) groups is 1. The third-order valence-electron chi connectivity index (χ3n) is 3.59. The van der Waals surface area contributed by atoms with Gasteiger partial charge in [-0.25, -0.2) is 0 Å². The van der Waals surface area contributed by atoms with Gasteiger partial charge in [0.2, 0.25) is 0 Å². The maximum atomic E-state index is 11.2. The number of carboxylic acid groups (broad SMARTS) is 1. The van der Waals surface area contributed by atoms with Gasteiger partial charge in [-0.15, -0.1) is 0 Å². The first-order chi connectivity index (χ1) is 9.40. The van der Waals surface area contributed by atoms with Crippen molar-refractivity contribution in [1.29, 1.82) is 0 Å². The van der Waals surface area contributed by atoms with E-state index in [2.05, 4.69) is 26.9 Å². The second-order valence-electron chi connectivity index (χ2n) is 5.75. The number of halogens is 1. The van der Waals surface area contributed by atoms with Crippen LogP contribution >= 0.6 is 15.9 Å². The fourth-order valence-corrected chi connectivity index (χ4v) is 2.98. The number of hydrogen-bond donors (Lipinski definition) is 1. The van der Waals surface area contributed by atoms with Gasteiger partial charge in [-0.05, 0) is 53.9 Å². The lowest BCUT2D eigenvalue weighted by molar-refractivity contribution is -0.146. The highest BCUT2D eigenvalue weighted by Gasteiger charge is 2.27. The fraction of sp³-hybridized carbons (Fsp3) is 0.533. The molecule has 0 amide bonds. The molecule has 1 saturated heterocycles. The van der Waals surface area contributed by atoms with E-state index in [9.17, 15) is 9.90 Å². The molecular formula is C15H20BrNO3. The Labute approximate surface area is 127 Å². The van der Waals surface area contributed by atoms with Crippen LogP contribution in [0.4, 0.5) is 5.69 Å². The van der Waals surface area contributed by atoms with E-state index in [1.807, 2.05) is 12.1 Å². The maximum absolute atomic E-state index is 11.2. The molecule has 4 nitrogen and oxygen atoms in total. The van der Waals surface area contributed by atoms with Crippen molar-refractivity contribution >= 4 is 27.6 Å². The lowest BCUT2D eigenvalue weighted by Gasteiger charge is -2.30. The number of ether oxygens (including phenoxy) is 1. The molecule has 1 N–H and O–H groups in total. The van der Waals surface area contributed by atoms with Crippen molar-refractivity contribution in [3.05, 3.63) is 28.2 Å². The van der Waals surface area contributed by atoms with Gasteiger partial charge in [-0.1, -0.05) is 6.07 Å². The van der Waals surface area contributed by atoms with E-state index in [1.54, 1.807) is 13.8 Å². The number of rotatable bonds is 4. The Hall–Kier alpha value is -1.07. The zero-order valence-electron chi connectivity index (χ0n) is 11.9. The first kappa shape index (κ1) is 15.3. The standard InChI is InChI=1S/C15H20BrNO3/c1-15(2,14(18)19)10-11-3-4-13(12(16)9-11)17-5-7-20-8-6-17/h3-4,9H,5-8,10H2,1-2H3,(H,18,19). The first-order valence-corrected chi connectivity index (χ1v) is 7.54. The molecule has 1 aliphatic heterocycles. The molecule has 0 unspecified atom stereocenters. The van der Waals surface area contributed by atoms with Gasteiger partial charge >= 0.3 is 5.97 Å². The molecule has 1 fully saturated rings. The third-order valence-corrected chi connectivity index (χ3v) is 4.22. The number of nitrogens with zero attached hydrogens (tertiary/aromatic N) is 1. The fourth-order valence-electron chi connectivity index (χ4n) is 2.31. The van der Waals surface area contributed by atoms with Crippen molar-refractivity contribution in [1.82, 2.24) is 0 Å². The summed E-state index contributed by atoms with van der Waals surface area (Å²) in [5, 5.41) is 9.20. The summed E-state index contributed by atoms with van der Waals surface area (Å²) in [5.74, 6) is -0.772. The van der Waals surface area contributed by atoms with Crippen LogP contribution in [0.2, 0.25) is 0 Å². The molecular weight excluding hydrogens is 322 g/mol. The summed E-state index contributed by atoms with van der Waals surface area (Å²) in [6.07, 6.45) is 0.518. The zero-order chi connectivity index (χ0) is 14.8. The van der Waals surface area contributed by atoms with Crippen molar-refractivity contribution in [2.75, 3.05) is 31.2 Å². The average molecular weight is 342 g/mol. The normalized spacial score (nSPS) is 16.2. The highest BCUT2D eigenvalue weighted by molar-refractivity contribution is 9.10. The van der Waals surface area contributed by atoms with Crippen LogP contribution in [0, 0.1) is 5.41 Å². The van der Waals surface area contributed by atoms with Crippen molar-refractivity contribution in [3.63, 3.8) is 0 Å². The molecule has 1 heterocycles. The van der Waals surface area contributed by atoms with Crippen LogP contribution in [0.5, 0.6) is 0 Å². The van der Waals surface area contributed by atoms with E-state index >= 15 is 0 Å². The van der Waals surface area contributed by atoms with Gasteiger partial charge in [-0.3, -0.25) is 4.79 Å². The van der Waals surface area contributed by atoms with E-state index in [1.165, 1.54) is 0 Å². The largest absolute Gasteiger partial charge is 0.481 e. The first-order valence-electron chi connectivity index (χ1n) is 6.75. The van der Waals surface area contributed by atoms with E-state index in [0.717, 1.165) is 42.0 Å². The molecule has 2 rings (SSSR count). The lowest BCUT2D eigenvalue weighted by Crippen LogP contribution is -2.36. The Balaban J connectivity index is 2.15. The van der Waals surface area contributed by atoms with Crippen molar-refractivity contribution < 1.29 is 14.6 Å². The number of carboxylic acids is 1. The molecule has 0 saturated carbocycles. The third kappa shape index (κ3) is 3.52. The highest BCUT2D eigenvalue weighted by atomic mass is 79.9. The van der Waals surface area contributed by atoms with Gasteiger partial charge in [0.25, 0.3) is 0 Å². The Kier molecular flexibility index (Phi) is 4.70. The zero-order valence-corrected chi connectivity index (χ0v) is 13.4. The van der Waals surface area contributed by atoms with Crippen LogP contribution in [-0.2, 0) is 16.0 Å². The number of benzene rings is 1. The van der Waals surface area contributed by atoms with Gasteiger partial charge in [0, 0.05) is 17.6 Å². The number of aliphatic carboxylic acids is 1. The summed E-state index contributed by atoms with van der Waals surface area (Å²) in [6.45, 7) is 6.77. The molecule has 0 radical (unpaired) electrons. The summed E-state index contributed by atoms with van der Waals surface area (Å²) in [6, 6.07) is 6.10. The molecule has 110 valence electrons. The number of hydrogen-bond acceptors (Lipinski definition) is 3. The van der Waals surface area contributed by atoms with Crippen LogP contribution in [0.1, 0.15) is 19.4 Å². The molecule has 0 atom stereocenters. The summed E-state index contributed by atoms with van der Waals surface area (Å²) in [7, 11) is 0. The summed E-state index contributed by atoms with van der Waals surface area (Å²) >= 11 is 3.60. The van der Waals surface area contributed by atoms with Gasteiger partial charge in [0.15, 0.2) is 0 Å². The highest BCUT2D eigenvalue weighted by Crippen LogP contribution is 2.30. The topological polar surface area (TPSA) is 49.8 Å². The van der Waals surface area contributed by atoms with Crippen LogP contribution in [0.15, 0.2) is 22.7 Å². The molecule has 1 aliphatic rings. The molecule has 0 bridgehead atoms. The molecule has 0 aromatic heterocycles. The summed E-state index contributed by atoms with van der Waals surface area (Å²) in [5.41, 5.74) is 1.42. The SMILES string of the molecule is CC(C)(Cc1ccc(N2CCOCC2)c(Br)c1)C(=O)O. The van der Waals surface area contributed by atoms with Crippen molar-refractivity contribution in [3.8, 4) is 0 Å². The van der Waals surface area contributed by atoms with E-state index < -0.39 is 11.4 Å². The second-order valence-corrected chi connectivity index (χ2v) is 6.61. The summed E-state index contributed by atoms with van der Waals surface area (Å²) < 4.78 is 6.37. The van der Waals surface area contributed by atoms with Crippen LogP contribution < -0.4 is 4.90 Å². The van der Waals surface area contributed by atoms with Crippen molar-refractivity contribution in [2.45, 2.75) is 20.3 Å². The molecule has 1 aromatic carbocycles. The minimum Gasteiger partial charge on any atom is -0.481 e. The van der Waals surface area contributed by atoms with E-state index in [0.29, 0.717) is 6.42 Å². The van der Waals surface area contributed by atoms with E-state index in [-0.39, 0.29) is 0 Å². The Morgan fingerprint density at radius 2 is 2.05 bits per heavy atom. The van der Waals surface area contributed by atoms with E-state index in [4.69, 9.17) is 4.74 Å². The summed E-state index contributed by atoms with van der Waals surface area (Å²) in [4.78, 5) is 13.5. The molecule has 0 aliphatic carbocycles. The Morgan fingerprint density at radius 3 is 2.60 bits per heavy atom. The predicted octanol–water partition coefficient (Wildman–Crippen LogP) is 2.94. The van der Waals surface area contributed by atoms with Crippen LogP contribution in [0.25, 0.3) is 0 Å². The van der Waals surface area contributed by atoms with Crippen LogP contribution in [0.3, 0.4) is 0 Å². The Morgan fingerprint density at radius 1 is 1.40 bits per heavy atom. The average Bonchev–Trinajstić information content (AvgIpc) is 2.39. The molecule has 0 spiro atoms. The monoisotopic (exact) mass is 341 g/mol. The smallest absolute Gasteiger partial charge is 0.309 e. The number of morpholine rings is 1. The Bertz CT molecular complexity index is 496. The van der Waals surface area contributed by atoms with Gasteiger partial charge < -0.3 is 14.7 Å². The second kappa shape index (κ2) is 6.14.